The zero-order chi connectivity index (χ0) is 34.7. The van der Waals surface area contributed by atoms with Gasteiger partial charge in [-0.15, -0.1) is 0 Å². The first-order chi connectivity index (χ1) is 21.9. The number of amides is 1. The van der Waals surface area contributed by atoms with E-state index >= 15 is 0 Å². The summed E-state index contributed by atoms with van der Waals surface area (Å²) in [5, 5.41) is 29.5. The van der Waals surface area contributed by atoms with E-state index in [2.05, 4.69) is 31.2 Å². The Kier molecular flexibility index (Phi) is 10.1. The van der Waals surface area contributed by atoms with E-state index in [1.165, 1.54) is 12.1 Å². The van der Waals surface area contributed by atoms with E-state index in [9.17, 15) is 32.4 Å². The normalized spacial score (nSPS) is 22.8. The van der Waals surface area contributed by atoms with Crippen molar-refractivity contribution in [3.05, 3.63) is 40.2 Å². The zero-order valence-electron chi connectivity index (χ0n) is 25.8. The Morgan fingerprint density at radius 1 is 1.15 bits per heavy atom. The molecule has 2 fully saturated rings. The SMILES string of the molecule is CC1(C)C2CCC1(CS(=O)(=O)O)C(=O)C2.Nc1nc2c(c(=O)[nH]1)N[C@@H](CNc1ccc(C(=O)N[C@@H](CCC(=O)O)C(=O)O)cc1)CN2. The van der Waals surface area contributed by atoms with Crippen molar-refractivity contribution in [1.82, 2.24) is 15.3 Å². The molecule has 2 bridgehead atoms. The fourth-order valence-corrected chi connectivity index (χ4v) is 7.82. The van der Waals surface area contributed by atoms with Crippen molar-refractivity contribution in [2.75, 3.05) is 40.5 Å². The summed E-state index contributed by atoms with van der Waals surface area (Å²) in [5.41, 5.74) is 5.28. The number of nitrogens with one attached hydrogen (secondary N) is 5. The molecule has 4 atom stereocenters. The maximum absolute atomic E-state index is 12.3. The number of fused-ring (bicyclic) bond motifs is 3. The second-order valence-corrected chi connectivity index (χ2v) is 14.0. The Labute approximate surface area is 269 Å². The second-order valence-electron chi connectivity index (χ2n) is 12.5. The Hall–Kier alpha value is -4.71. The van der Waals surface area contributed by atoms with Crippen LogP contribution in [0.1, 0.15) is 56.3 Å². The lowest BCUT2D eigenvalue weighted by Gasteiger charge is -2.35. The van der Waals surface area contributed by atoms with E-state index < -0.39 is 45.2 Å². The van der Waals surface area contributed by atoms with Gasteiger partial charge in [-0.1, -0.05) is 13.8 Å². The molecule has 2 aliphatic carbocycles. The number of carboxylic acid groups (broad SMARTS) is 2. The maximum Gasteiger partial charge on any atom is 0.326 e. The first kappa shape index (κ1) is 35.1. The molecular weight excluding hydrogens is 638 g/mol. The number of carbonyl (C=O) groups is 4. The van der Waals surface area contributed by atoms with Crippen LogP contribution in [0.25, 0.3) is 0 Å². The number of ketones is 1. The fraction of sp³-hybridized carbons (Fsp3) is 0.517. The van der Waals surface area contributed by atoms with Crippen molar-refractivity contribution in [3.63, 3.8) is 0 Å². The quantitative estimate of drug-likeness (QED) is 0.150. The molecule has 1 aliphatic heterocycles. The van der Waals surface area contributed by atoms with Crippen molar-refractivity contribution >= 4 is 56.9 Å². The van der Waals surface area contributed by atoms with Gasteiger partial charge in [0, 0.05) is 37.2 Å². The first-order valence-electron chi connectivity index (χ1n) is 14.9. The van der Waals surface area contributed by atoms with Crippen LogP contribution in [0.3, 0.4) is 0 Å². The molecule has 1 aromatic heterocycles. The molecule has 2 aromatic rings. The summed E-state index contributed by atoms with van der Waals surface area (Å²) in [5.74, 6) is -2.74. The summed E-state index contributed by atoms with van der Waals surface area (Å²) in [6, 6.07) is 4.93. The average Bonchev–Trinajstić information content (AvgIpc) is 3.32. The van der Waals surface area contributed by atoms with Crippen LogP contribution >= 0.6 is 0 Å². The molecule has 5 rings (SSSR count). The molecule has 18 heteroatoms. The van der Waals surface area contributed by atoms with Crippen molar-refractivity contribution in [2.45, 2.75) is 58.0 Å². The molecule has 256 valence electrons. The van der Waals surface area contributed by atoms with E-state index in [-0.39, 0.29) is 53.1 Å². The van der Waals surface area contributed by atoms with E-state index in [1.54, 1.807) is 12.1 Å². The molecule has 0 saturated heterocycles. The summed E-state index contributed by atoms with van der Waals surface area (Å²) < 4.78 is 31.0. The monoisotopic (exact) mass is 677 g/mol. The number of Topliss-reactive ketones (excluding diaryl/α,β-unsaturated/α-hetero) is 1. The van der Waals surface area contributed by atoms with Crippen LogP contribution in [-0.2, 0) is 24.5 Å². The largest absolute Gasteiger partial charge is 0.481 e. The van der Waals surface area contributed by atoms with Crippen LogP contribution in [0.4, 0.5) is 23.1 Å². The third-order valence-electron chi connectivity index (χ3n) is 9.32. The molecule has 2 heterocycles. The van der Waals surface area contributed by atoms with Crippen LogP contribution in [0.2, 0.25) is 0 Å². The van der Waals surface area contributed by atoms with Gasteiger partial charge < -0.3 is 37.2 Å². The second kappa shape index (κ2) is 13.6. The topological polar surface area (TPSA) is 283 Å². The summed E-state index contributed by atoms with van der Waals surface area (Å²) in [6.45, 7) is 4.85. The number of carbonyl (C=O) groups excluding carboxylic acids is 2. The number of anilines is 4. The number of nitrogens with zero attached hydrogens (tertiary/aromatic N) is 1. The van der Waals surface area contributed by atoms with Crippen LogP contribution in [0.15, 0.2) is 29.1 Å². The van der Waals surface area contributed by atoms with Gasteiger partial charge in [0.25, 0.3) is 21.6 Å². The van der Waals surface area contributed by atoms with Gasteiger partial charge in [0.2, 0.25) is 5.95 Å². The zero-order valence-corrected chi connectivity index (χ0v) is 26.6. The molecule has 2 unspecified atom stereocenters. The summed E-state index contributed by atoms with van der Waals surface area (Å²) in [7, 11) is -4.08. The Morgan fingerprint density at radius 3 is 2.38 bits per heavy atom. The van der Waals surface area contributed by atoms with Crippen LogP contribution in [-0.4, -0.2) is 87.7 Å². The van der Waals surface area contributed by atoms with E-state index in [0.717, 1.165) is 6.42 Å². The number of nitrogens with two attached hydrogens (primary N) is 1. The Bertz CT molecular complexity index is 1710. The van der Waals surface area contributed by atoms with Gasteiger partial charge in [0.15, 0.2) is 5.82 Å². The minimum absolute atomic E-state index is 0.0152. The number of H-pyrrole nitrogens is 1. The van der Waals surface area contributed by atoms with E-state index in [4.69, 9.17) is 20.5 Å². The predicted octanol–water partition coefficient (Wildman–Crippen LogP) is 0.988. The fourth-order valence-electron chi connectivity index (χ4n) is 6.52. The molecule has 17 nitrogen and oxygen atoms in total. The van der Waals surface area contributed by atoms with Gasteiger partial charge in [-0.2, -0.15) is 13.4 Å². The number of nitrogen functional groups attached to an aromatic ring is 1. The number of aromatic nitrogens is 2. The molecule has 1 amide bonds. The number of rotatable bonds is 11. The van der Waals surface area contributed by atoms with Crippen molar-refractivity contribution in [1.29, 1.82) is 0 Å². The van der Waals surface area contributed by atoms with E-state index in [0.29, 0.717) is 43.1 Å². The van der Waals surface area contributed by atoms with Crippen LogP contribution < -0.4 is 32.6 Å². The number of aromatic amines is 1. The van der Waals surface area contributed by atoms with E-state index in [1.807, 2.05) is 13.8 Å². The number of hydrogen-bond acceptors (Lipinski definition) is 12. The molecule has 1 aromatic carbocycles. The third-order valence-corrected chi connectivity index (χ3v) is 10.2. The minimum Gasteiger partial charge on any atom is -0.481 e. The number of hydrogen-bond donors (Lipinski definition) is 9. The van der Waals surface area contributed by atoms with Gasteiger partial charge in [0.05, 0.1) is 17.2 Å². The van der Waals surface area contributed by atoms with Crippen molar-refractivity contribution < 1.29 is 42.4 Å². The Balaban J connectivity index is 0.000000277. The van der Waals surface area contributed by atoms with Gasteiger partial charge in [0.1, 0.15) is 17.5 Å². The van der Waals surface area contributed by atoms with Gasteiger partial charge >= 0.3 is 11.9 Å². The summed E-state index contributed by atoms with van der Waals surface area (Å²) in [4.78, 5) is 64.5. The Morgan fingerprint density at radius 2 is 1.83 bits per heavy atom. The maximum atomic E-state index is 12.3. The van der Waals surface area contributed by atoms with Gasteiger partial charge in [-0.05, 0) is 54.9 Å². The van der Waals surface area contributed by atoms with Crippen molar-refractivity contribution in [3.8, 4) is 0 Å². The molecule has 2 saturated carbocycles. The highest BCUT2D eigenvalue weighted by molar-refractivity contribution is 7.85. The highest BCUT2D eigenvalue weighted by Crippen LogP contribution is 2.64. The molecule has 0 spiro atoms. The number of benzene rings is 1. The highest BCUT2D eigenvalue weighted by atomic mass is 32.2. The lowest BCUT2D eigenvalue weighted by atomic mass is 9.70. The van der Waals surface area contributed by atoms with Gasteiger partial charge in [-0.3, -0.25) is 28.7 Å². The lowest BCUT2D eigenvalue weighted by molar-refractivity contribution is -0.140. The van der Waals surface area contributed by atoms with Crippen LogP contribution in [0.5, 0.6) is 0 Å². The third kappa shape index (κ3) is 7.99. The molecule has 3 aliphatic rings. The molecular formula is C29H39N7O10S. The minimum atomic E-state index is -4.08. The van der Waals surface area contributed by atoms with Gasteiger partial charge in [-0.25, -0.2) is 4.79 Å². The van der Waals surface area contributed by atoms with Crippen LogP contribution in [0, 0.1) is 16.7 Å². The highest BCUT2D eigenvalue weighted by Gasteiger charge is 2.65. The predicted molar refractivity (Wildman–Crippen MR) is 171 cm³/mol. The standard InChI is InChI=1S/C19H23N7O6.C10H16O4S/c20-19-25-15-14(17(30)26-19)23-11(8-22-15)7-21-10-3-1-9(2-4-10)16(29)24-12(18(31)32)5-6-13(27)28;1-9(2)7-3-4-10(9,8(11)5-7)6-15(12,13)14/h1-4,11-12,21,23H,5-8H2,(H,24,29)(H,27,28)(H,31,32)(H4,20,22,25,26,30);7H,3-6H2,1-2H3,(H,12,13,14)/t11-,12-;/m0./s1. The molecule has 10 N–H and O–H groups in total. The summed E-state index contributed by atoms with van der Waals surface area (Å²) in [6.07, 6.45) is 1.39. The van der Waals surface area contributed by atoms with Crippen molar-refractivity contribution in [2.24, 2.45) is 16.7 Å². The lowest BCUT2D eigenvalue weighted by Crippen LogP contribution is -2.42. The summed E-state index contributed by atoms with van der Waals surface area (Å²) >= 11 is 0. The molecule has 0 radical (unpaired) electrons. The number of carboxylic acids is 2. The number of aliphatic carboxylic acids is 2. The smallest absolute Gasteiger partial charge is 0.326 e. The first-order valence-corrected chi connectivity index (χ1v) is 16.5. The molecule has 47 heavy (non-hydrogen) atoms. The average molecular weight is 678 g/mol.